The number of rotatable bonds is 7. The van der Waals surface area contributed by atoms with Crippen LogP contribution >= 0.6 is 15.9 Å². The molecular weight excluding hydrogens is 316 g/mol. The molecular formula is C16H27BrN2O. The zero-order chi connectivity index (χ0) is 15.3. The summed E-state index contributed by atoms with van der Waals surface area (Å²) in [6, 6.07) is 6.60. The van der Waals surface area contributed by atoms with Crippen LogP contribution in [0.2, 0.25) is 0 Å². The van der Waals surface area contributed by atoms with Gasteiger partial charge >= 0.3 is 0 Å². The number of benzene rings is 1. The maximum Gasteiger partial charge on any atom is 0.0658 e. The van der Waals surface area contributed by atoms with E-state index >= 15 is 0 Å². The van der Waals surface area contributed by atoms with E-state index in [1.165, 1.54) is 5.56 Å². The second-order valence-electron chi connectivity index (χ2n) is 5.91. The minimum atomic E-state index is -0.285. The first-order chi connectivity index (χ1) is 9.33. The second-order valence-corrected chi connectivity index (χ2v) is 6.82. The molecule has 0 saturated carbocycles. The molecule has 3 nitrogen and oxygen atoms in total. The number of likely N-dealkylation sites (N-methyl/N-ethyl adjacent to an activating group) is 1. The van der Waals surface area contributed by atoms with Crippen molar-refractivity contribution < 1.29 is 5.11 Å². The van der Waals surface area contributed by atoms with E-state index in [1.54, 1.807) is 0 Å². The van der Waals surface area contributed by atoms with E-state index in [9.17, 15) is 5.11 Å². The molecule has 0 spiro atoms. The molecule has 0 saturated heterocycles. The molecule has 0 aliphatic rings. The van der Waals surface area contributed by atoms with Gasteiger partial charge in [0.15, 0.2) is 0 Å². The van der Waals surface area contributed by atoms with Crippen molar-refractivity contribution in [2.24, 2.45) is 0 Å². The molecule has 0 aliphatic carbocycles. The lowest BCUT2D eigenvalue weighted by molar-refractivity contribution is 0.216. The Morgan fingerprint density at radius 1 is 1.40 bits per heavy atom. The van der Waals surface area contributed by atoms with Crippen LogP contribution in [0.25, 0.3) is 0 Å². The minimum Gasteiger partial charge on any atom is -0.394 e. The molecule has 2 N–H and O–H groups in total. The second kappa shape index (κ2) is 7.43. The van der Waals surface area contributed by atoms with Crippen LogP contribution in [0.4, 0.5) is 5.69 Å². The predicted molar refractivity (Wildman–Crippen MR) is 90.4 cm³/mol. The first-order valence-corrected chi connectivity index (χ1v) is 8.00. The fraction of sp³-hybridized carbons (Fsp3) is 0.625. The summed E-state index contributed by atoms with van der Waals surface area (Å²) in [5, 5.41) is 13.1. The summed E-state index contributed by atoms with van der Waals surface area (Å²) in [5.41, 5.74) is 2.12. The Kier molecular flexibility index (Phi) is 6.49. The Hall–Kier alpha value is -0.580. The maximum atomic E-state index is 9.58. The Morgan fingerprint density at radius 3 is 2.60 bits per heavy atom. The molecule has 0 fully saturated rings. The molecule has 4 heteroatoms. The Bertz CT molecular complexity index is 434. The van der Waals surface area contributed by atoms with Gasteiger partial charge in [-0.3, -0.25) is 0 Å². The summed E-state index contributed by atoms with van der Waals surface area (Å²) in [6.07, 6.45) is 1.12. The molecule has 0 bridgehead atoms. The Labute approximate surface area is 131 Å². The van der Waals surface area contributed by atoms with Gasteiger partial charge in [0.05, 0.1) is 12.1 Å². The molecule has 1 aromatic rings. The SMILES string of the molecule is CCCNC(C)c1cc(Br)ccc1N(C)C(C)(C)CO. The number of anilines is 1. The highest BCUT2D eigenvalue weighted by atomic mass is 79.9. The molecule has 0 amide bonds. The highest BCUT2D eigenvalue weighted by molar-refractivity contribution is 9.10. The van der Waals surface area contributed by atoms with Crippen LogP contribution in [0.5, 0.6) is 0 Å². The van der Waals surface area contributed by atoms with Gasteiger partial charge in [0.25, 0.3) is 0 Å². The van der Waals surface area contributed by atoms with Gasteiger partial charge in [-0.15, -0.1) is 0 Å². The van der Waals surface area contributed by atoms with Gasteiger partial charge < -0.3 is 15.3 Å². The van der Waals surface area contributed by atoms with E-state index in [0.717, 1.165) is 23.1 Å². The first kappa shape index (κ1) is 17.5. The van der Waals surface area contributed by atoms with Crippen molar-refractivity contribution in [3.63, 3.8) is 0 Å². The molecule has 114 valence electrons. The fourth-order valence-corrected chi connectivity index (χ4v) is 2.46. The van der Waals surface area contributed by atoms with E-state index in [1.807, 2.05) is 20.9 Å². The summed E-state index contributed by atoms with van der Waals surface area (Å²) >= 11 is 3.55. The van der Waals surface area contributed by atoms with Crippen molar-refractivity contribution in [3.8, 4) is 0 Å². The molecule has 1 unspecified atom stereocenters. The number of hydrogen-bond acceptors (Lipinski definition) is 3. The van der Waals surface area contributed by atoms with Crippen molar-refractivity contribution in [3.05, 3.63) is 28.2 Å². The molecule has 20 heavy (non-hydrogen) atoms. The van der Waals surface area contributed by atoms with Crippen LogP contribution in [0.15, 0.2) is 22.7 Å². The highest BCUT2D eigenvalue weighted by Crippen LogP contribution is 2.32. The summed E-state index contributed by atoms with van der Waals surface area (Å²) in [4.78, 5) is 2.15. The molecule has 0 aromatic heterocycles. The summed E-state index contributed by atoms with van der Waals surface area (Å²) in [6.45, 7) is 9.56. The van der Waals surface area contributed by atoms with Crippen molar-refractivity contribution in [1.29, 1.82) is 0 Å². The van der Waals surface area contributed by atoms with Crippen molar-refractivity contribution in [2.75, 3.05) is 25.1 Å². The largest absolute Gasteiger partial charge is 0.394 e. The summed E-state index contributed by atoms with van der Waals surface area (Å²) in [7, 11) is 2.04. The molecule has 1 atom stereocenters. The lowest BCUT2D eigenvalue weighted by atomic mass is 9.99. The third-order valence-corrected chi connectivity index (χ3v) is 4.31. The number of nitrogens with one attached hydrogen (secondary N) is 1. The average Bonchev–Trinajstić information content (AvgIpc) is 2.43. The minimum absolute atomic E-state index is 0.121. The lowest BCUT2D eigenvalue weighted by Gasteiger charge is -2.38. The molecule has 0 radical (unpaired) electrons. The van der Waals surface area contributed by atoms with E-state index in [0.29, 0.717) is 0 Å². The van der Waals surface area contributed by atoms with Crippen LogP contribution in [0, 0.1) is 0 Å². The highest BCUT2D eigenvalue weighted by Gasteiger charge is 2.25. The van der Waals surface area contributed by atoms with Crippen LogP contribution in [-0.4, -0.2) is 30.8 Å². The quantitative estimate of drug-likeness (QED) is 0.792. The predicted octanol–water partition coefficient (Wildman–Crippen LogP) is 3.72. The van der Waals surface area contributed by atoms with Gasteiger partial charge in [0.1, 0.15) is 0 Å². The zero-order valence-electron chi connectivity index (χ0n) is 13.2. The van der Waals surface area contributed by atoms with E-state index in [4.69, 9.17) is 0 Å². The van der Waals surface area contributed by atoms with Gasteiger partial charge in [-0.1, -0.05) is 22.9 Å². The summed E-state index contributed by atoms with van der Waals surface area (Å²) in [5.74, 6) is 0. The van der Waals surface area contributed by atoms with Crippen molar-refractivity contribution in [1.82, 2.24) is 5.32 Å². The first-order valence-electron chi connectivity index (χ1n) is 7.21. The van der Waals surface area contributed by atoms with Gasteiger partial charge in [0, 0.05) is 23.2 Å². The normalized spacial score (nSPS) is 13.3. The van der Waals surface area contributed by atoms with Crippen molar-refractivity contribution in [2.45, 2.75) is 45.7 Å². The van der Waals surface area contributed by atoms with Crippen LogP contribution in [0.1, 0.15) is 45.7 Å². The lowest BCUT2D eigenvalue weighted by Crippen LogP contribution is -2.45. The topological polar surface area (TPSA) is 35.5 Å². The Balaban J connectivity index is 3.13. The van der Waals surface area contributed by atoms with Gasteiger partial charge in [-0.05, 0) is 57.5 Å². The van der Waals surface area contributed by atoms with Gasteiger partial charge in [-0.25, -0.2) is 0 Å². The van der Waals surface area contributed by atoms with Crippen LogP contribution in [0.3, 0.4) is 0 Å². The third kappa shape index (κ3) is 4.21. The van der Waals surface area contributed by atoms with Gasteiger partial charge in [0.2, 0.25) is 0 Å². The monoisotopic (exact) mass is 342 g/mol. The zero-order valence-corrected chi connectivity index (χ0v) is 14.8. The molecule has 1 rings (SSSR count). The average molecular weight is 343 g/mol. The molecule has 1 aromatic carbocycles. The van der Waals surface area contributed by atoms with Crippen LogP contribution in [-0.2, 0) is 0 Å². The maximum absolute atomic E-state index is 9.58. The Morgan fingerprint density at radius 2 is 2.05 bits per heavy atom. The van der Waals surface area contributed by atoms with E-state index in [2.05, 4.69) is 58.2 Å². The summed E-state index contributed by atoms with van der Waals surface area (Å²) < 4.78 is 1.08. The third-order valence-electron chi connectivity index (χ3n) is 3.81. The number of aliphatic hydroxyl groups is 1. The van der Waals surface area contributed by atoms with Crippen molar-refractivity contribution >= 4 is 21.6 Å². The smallest absolute Gasteiger partial charge is 0.0658 e. The number of nitrogens with zero attached hydrogens (tertiary/aromatic N) is 1. The van der Waals surface area contributed by atoms with Gasteiger partial charge in [-0.2, -0.15) is 0 Å². The standard InChI is InChI=1S/C16H27BrN2O/c1-6-9-18-12(2)14-10-13(17)7-8-15(14)19(5)16(3,4)11-20/h7-8,10,12,18,20H,6,9,11H2,1-5H3. The van der Waals surface area contributed by atoms with Crippen LogP contribution < -0.4 is 10.2 Å². The number of aliphatic hydroxyl groups excluding tert-OH is 1. The molecule has 0 heterocycles. The molecule has 0 aliphatic heterocycles. The number of halogens is 1. The number of hydrogen-bond donors (Lipinski definition) is 2. The fourth-order valence-electron chi connectivity index (χ4n) is 2.08. The van der Waals surface area contributed by atoms with E-state index < -0.39 is 0 Å². The van der Waals surface area contributed by atoms with E-state index in [-0.39, 0.29) is 18.2 Å².